The molecule has 0 spiro atoms. The van der Waals surface area contributed by atoms with E-state index in [-0.39, 0.29) is 5.91 Å². The van der Waals surface area contributed by atoms with Crippen molar-refractivity contribution in [1.82, 2.24) is 0 Å². The third-order valence-corrected chi connectivity index (χ3v) is 1.67. The predicted molar refractivity (Wildman–Crippen MR) is 45.9 cm³/mol. The summed E-state index contributed by atoms with van der Waals surface area (Å²) < 4.78 is 0. The molecule has 12 heavy (non-hydrogen) atoms. The number of quaternary nitrogens is 1. The van der Waals surface area contributed by atoms with Gasteiger partial charge < -0.3 is 0 Å². The largest absolute Gasteiger partial charge is 0.402 e. The maximum absolute atomic E-state index is 11.1. The van der Waals surface area contributed by atoms with Crippen molar-refractivity contribution in [2.75, 3.05) is 7.05 Å². The first kappa shape index (κ1) is 8.84. The molecule has 0 saturated heterocycles. The minimum atomic E-state index is -0.121. The Bertz CT molecular complexity index is 284. The average Bonchev–Trinajstić information content (AvgIpc) is 2.08. The lowest BCUT2D eigenvalue weighted by atomic mass is 10.2. The van der Waals surface area contributed by atoms with Crippen molar-refractivity contribution in [3.05, 3.63) is 0 Å². The van der Waals surface area contributed by atoms with E-state index in [2.05, 4.69) is 23.8 Å². The highest BCUT2D eigenvalue weighted by Crippen LogP contribution is 1.96. The fraction of sp³-hybridized carbons (Fsp3) is 0.500. The van der Waals surface area contributed by atoms with E-state index in [0.717, 1.165) is 25.7 Å². The van der Waals surface area contributed by atoms with E-state index in [0.29, 0.717) is 4.90 Å². The monoisotopic (exact) mass is 162 g/mol. The number of hydrogen-bond acceptors (Lipinski definition) is 1. The van der Waals surface area contributed by atoms with E-state index in [1.807, 2.05) is 0 Å². The minimum absolute atomic E-state index is 0.121. The zero-order valence-corrected chi connectivity index (χ0v) is 7.24. The Balaban J connectivity index is 2.67. The average molecular weight is 162 g/mol. The molecule has 0 aromatic carbocycles. The highest BCUT2D eigenvalue weighted by atomic mass is 16.2. The fourth-order valence-electron chi connectivity index (χ4n) is 0.915. The number of hydrogen-bond donors (Lipinski definition) is 1. The molecular weight excluding hydrogens is 150 g/mol. The molecule has 1 rings (SSSR count). The van der Waals surface area contributed by atoms with Gasteiger partial charge in [0.05, 0.1) is 7.05 Å². The predicted octanol–water partition coefficient (Wildman–Crippen LogP) is -0.434. The second kappa shape index (κ2) is 4.59. The molecule has 0 aromatic rings. The second-order valence-corrected chi connectivity index (χ2v) is 2.76. The molecule has 1 atom stereocenters. The van der Waals surface area contributed by atoms with Crippen LogP contribution in [0, 0.1) is 23.8 Å². The van der Waals surface area contributed by atoms with Crippen molar-refractivity contribution >= 4 is 5.91 Å². The lowest BCUT2D eigenvalue weighted by Crippen LogP contribution is -3.07. The molecule has 0 bridgehead atoms. The van der Waals surface area contributed by atoms with Crippen LogP contribution in [0.25, 0.3) is 0 Å². The van der Waals surface area contributed by atoms with Crippen molar-refractivity contribution in [2.45, 2.75) is 25.7 Å². The normalized spacial score (nSPS) is 23.1. The number of rotatable bonds is 0. The van der Waals surface area contributed by atoms with E-state index < -0.39 is 0 Å². The number of carbonyl (C=O) groups is 1. The van der Waals surface area contributed by atoms with Crippen LogP contribution in [-0.2, 0) is 4.79 Å². The SMILES string of the molecule is C[NH+]1C#CCCCCC#CC1=O. The van der Waals surface area contributed by atoms with Crippen molar-refractivity contribution in [3.8, 4) is 23.8 Å². The number of carbonyl (C=O) groups excluding carboxylic acids is 1. The molecular formula is C10H12NO+. The summed E-state index contributed by atoms with van der Waals surface area (Å²) in [5, 5.41) is 0. The first-order chi connectivity index (χ1) is 5.80. The summed E-state index contributed by atoms with van der Waals surface area (Å²) in [4.78, 5) is 11.7. The Labute approximate surface area is 72.9 Å². The quantitative estimate of drug-likeness (QED) is 0.479. The van der Waals surface area contributed by atoms with Crippen molar-refractivity contribution in [1.29, 1.82) is 0 Å². The van der Waals surface area contributed by atoms with Crippen LogP contribution in [-0.4, -0.2) is 13.0 Å². The van der Waals surface area contributed by atoms with Gasteiger partial charge >= 0.3 is 5.91 Å². The Morgan fingerprint density at radius 1 is 1.25 bits per heavy atom. The van der Waals surface area contributed by atoms with Gasteiger partial charge in [0, 0.05) is 18.8 Å². The van der Waals surface area contributed by atoms with E-state index in [9.17, 15) is 4.79 Å². The van der Waals surface area contributed by atoms with Gasteiger partial charge in [-0.05, 0) is 18.8 Å². The minimum Gasteiger partial charge on any atom is -0.216 e. The van der Waals surface area contributed by atoms with Crippen LogP contribution in [0.15, 0.2) is 0 Å². The van der Waals surface area contributed by atoms with E-state index in [1.165, 1.54) is 0 Å². The lowest BCUT2D eigenvalue weighted by Gasteiger charge is -1.96. The molecule has 62 valence electrons. The Morgan fingerprint density at radius 3 is 2.67 bits per heavy atom. The van der Waals surface area contributed by atoms with Gasteiger partial charge in [-0.3, -0.25) is 0 Å². The summed E-state index contributed by atoms with van der Waals surface area (Å²) >= 11 is 0. The molecule has 2 heteroatoms. The summed E-state index contributed by atoms with van der Waals surface area (Å²) in [7, 11) is 1.73. The summed E-state index contributed by atoms with van der Waals surface area (Å²) in [5.74, 6) is 8.26. The van der Waals surface area contributed by atoms with Crippen molar-refractivity contribution in [2.24, 2.45) is 0 Å². The molecule has 2 nitrogen and oxygen atoms in total. The van der Waals surface area contributed by atoms with Gasteiger partial charge in [0.2, 0.25) is 0 Å². The van der Waals surface area contributed by atoms with Crippen LogP contribution < -0.4 is 4.90 Å². The van der Waals surface area contributed by atoms with Crippen LogP contribution in [0.3, 0.4) is 0 Å². The molecule has 1 N–H and O–H groups in total. The van der Waals surface area contributed by atoms with Crippen LogP contribution in [0.2, 0.25) is 0 Å². The molecule has 1 aliphatic rings. The van der Waals surface area contributed by atoms with Crippen LogP contribution in [0.1, 0.15) is 25.7 Å². The zero-order valence-electron chi connectivity index (χ0n) is 7.24. The third-order valence-electron chi connectivity index (χ3n) is 1.67. The topological polar surface area (TPSA) is 21.5 Å². The summed E-state index contributed by atoms with van der Waals surface area (Å²) in [6.45, 7) is 0. The maximum Gasteiger partial charge on any atom is 0.402 e. The van der Waals surface area contributed by atoms with Gasteiger partial charge in [-0.2, -0.15) is 4.90 Å². The van der Waals surface area contributed by atoms with E-state index in [1.54, 1.807) is 7.05 Å². The molecule has 0 aromatic heterocycles. The molecule has 1 aliphatic heterocycles. The van der Waals surface area contributed by atoms with Crippen molar-refractivity contribution < 1.29 is 9.69 Å². The van der Waals surface area contributed by atoms with Crippen LogP contribution in [0.4, 0.5) is 0 Å². The van der Waals surface area contributed by atoms with Gasteiger partial charge in [0.25, 0.3) is 0 Å². The van der Waals surface area contributed by atoms with Gasteiger partial charge in [0.1, 0.15) is 6.04 Å². The highest BCUT2D eigenvalue weighted by Gasteiger charge is 2.07. The fourth-order valence-corrected chi connectivity index (χ4v) is 0.915. The first-order valence-corrected chi connectivity index (χ1v) is 4.16. The standard InChI is InChI=1S/C10H11NO/c1-11-9-7-5-3-2-4-6-8-10(11)12/h2-5H2,1H3/p+1. The van der Waals surface area contributed by atoms with Crippen LogP contribution in [0.5, 0.6) is 0 Å². The van der Waals surface area contributed by atoms with E-state index >= 15 is 0 Å². The Morgan fingerprint density at radius 2 is 1.92 bits per heavy atom. The third kappa shape index (κ3) is 2.78. The molecule has 0 saturated carbocycles. The molecule has 1 heterocycles. The molecule has 0 radical (unpaired) electrons. The summed E-state index contributed by atoms with van der Waals surface area (Å²) in [6, 6.07) is 2.82. The van der Waals surface area contributed by atoms with E-state index in [4.69, 9.17) is 0 Å². The van der Waals surface area contributed by atoms with Gasteiger partial charge in [0.15, 0.2) is 0 Å². The Hall–Kier alpha value is -1.25. The lowest BCUT2D eigenvalue weighted by molar-refractivity contribution is -0.717. The molecule has 1 amide bonds. The van der Waals surface area contributed by atoms with Gasteiger partial charge in [-0.15, -0.1) is 0 Å². The first-order valence-electron chi connectivity index (χ1n) is 4.16. The summed E-state index contributed by atoms with van der Waals surface area (Å²) in [6.07, 6.45) is 3.84. The number of nitrogens with one attached hydrogen (secondary N) is 1. The molecule has 0 aliphatic carbocycles. The van der Waals surface area contributed by atoms with Crippen LogP contribution >= 0.6 is 0 Å². The maximum atomic E-state index is 11.1. The second-order valence-electron chi connectivity index (χ2n) is 2.76. The highest BCUT2D eigenvalue weighted by molar-refractivity contribution is 5.86. The smallest absolute Gasteiger partial charge is 0.216 e. The Kier molecular flexibility index (Phi) is 3.38. The molecule has 0 fully saturated rings. The number of amides is 1. The molecule has 1 unspecified atom stereocenters. The zero-order chi connectivity index (χ0) is 8.81. The van der Waals surface area contributed by atoms with Gasteiger partial charge in [-0.25, -0.2) is 4.79 Å². The van der Waals surface area contributed by atoms with Crippen molar-refractivity contribution in [3.63, 3.8) is 0 Å². The van der Waals surface area contributed by atoms with Gasteiger partial charge in [-0.1, -0.05) is 5.92 Å². The summed E-state index contributed by atoms with van der Waals surface area (Å²) in [5.41, 5.74) is 0.